The maximum atomic E-state index is 13.3. The molecule has 1 fully saturated rings. The van der Waals surface area contributed by atoms with Crippen molar-refractivity contribution < 1.29 is 28.7 Å². The predicted octanol–water partition coefficient (Wildman–Crippen LogP) is 5.19. The number of aliphatic hydroxyl groups is 1. The number of ketones is 1. The van der Waals surface area contributed by atoms with Crippen molar-refractivity contribution in [3.8, 4) is 5.75 Å². The van der Waals surface area contributed by atoms with Crippen LogP contribution in [0.1, 0.15) is 36.6 Å². The highest BCUT2D eigenvalue weighted by Gasteiger charge is 2.45. The lowest BCUT2D eigenvalue weighted by Crippen LogP contribution is -2.31. The number of amides is 1. The van der Waals surface area contributed by atoms with Crippen LogP contribution in [0.3, 0.4) is 0 Å². The predicted molar refractivity (Wildman–Crippen MR) is 134 cm³/mol. The lowest BCUT2D eigenvalue weighted by molar-refractivity contribution is -0.384. The molecule has 4 rings (SSSR count). The highest BCUT2D eigenvalue weighted by Crippen LogP contribution is 2.40. The SMILES string of the molecule is CC(C)Oc1ccc(C2/C(=C(/O)c3ccc([N+](=O)[O-])cc3)C(=O)C(=O)N2CCc2ccc(F)cc2)cc1. The van der Waals surface area contributed by atoms with Gasteiger partial charge in [0, 0.05) is 24.2 Å². The number of carbonyl (C=O) groups excluding carboxylic acids is 2. The van der Waals surface area contributed by atoms with E-state index in [1.165, 1.54) is 41.3 Å². The van der Waals surface area contributed by atoms with E-state index in [2.05, 4.69) is 0 Å². The van der Waals surface area contributed by atoms with Crippen LogP contribution >= 0.6 is 0 Å². The molecule has 0 saturated carbocycles. The van der Waals surface area contributed by atoms with Gasteiger partial charge < -0.3 is 14.7 Å². The molecule has 1 saturated heterocycles. The van der Waals surface area contributed by atoms with Crippen LogP contribution < -0.4 is 4.74 Å². The largest absolute Gasteiger partial charge is 0.507 e. The van der Waals surface area contributed by atoms with Gasteiger partial charge in [0.2, 0.25) is 0 Å². The van der Waals surface area contributed by atoms with Gasteiger partial charge in [0.15, 0.2) is 0 Å². The maximum Gasteiger partial charge on any atom is 0.295 e. The Morgan fingerprint density at radius 3 is 2.22 bits per heavy atom. The van der Waals surface area contributed by atoms with Crippen molar-refractivity contribution in [2.75, 3.05) is 6.54 Å². The number of carbonyl (C=O) groups is 2. The number of likely N-dealkylation sites (tertiary alicyclic amines) is 1. The van der Waals surface area contributed by atoms with Crippen molar-refractivity contribution in [2.24, 2.45) is 0 Å². The summed E-state index contributed by atoms with van der Waals surface area (Å²) in [5.74, 6) is -1.83. The van der Waals surface area contributed by atoms with E-state index < -0.39 is 28.4 Å². The zero-order valence-corrected chi connectivity index (χ0v) is 20.3. The first-order valence-electron chi connectivity index (χ1n) is 11.7. The molecule has 3 aromatic rings. The first-order chi connectivity index (χ1) is 17.7. The zero-order chi connectivity index (χ0) is 26.7. The van der Waals surface area contributed by atoms with Crippen molar-refractivity contribution in [3.05, 3.63) is 111 Å². The van der Waals surface area contributed by atoms with Crippen molar-refractivity contribution in [2.45, 2.75) is 32.4 Å². The Labute approximate surface area is 212 Å². The second-order valence-electron chi connectivity index (χ2n) is 8.91. The Hall–Kier alpha value is -4.53. The highest BCUT2D eigenvalue weighted by atomic mass is 19.1. The van der Waals surface area contributed by atoms with Crippen LogP contribution in [0.2, 0.25) is 0 Å². The first-order valence-corrected chi connectivity index (χ1v) is 11.7. The third-order valence-corrected chi connectivity index (χ3v) is 6.01. The number of Topliss-reactive ketones (excluding diaryl/α,β-unsaturated/α-hetero) is 1. The molecule has 1 unspecified atom stereocenters. The molecule has 3 aromatic carbocycles. The van der Waals surface area contributed by atoms with Gasteiger partial charge in [-0.2, -0.15) is 0 Å². The summed E-state index contributed by atoms with van der Waals surface area (Å²) in [7, 11) is 0. The van der Waals surface area contributed by atoms with Crippen LogP contribution in [-0.2, 0) is 16.0 Å². The van der Waals surface area contributed by atoms with Crippen molar-refractivity contribution in [1.29, 1.82) is 0 Å². The minimum atomic E-state index is -0.899. The molecule has 0 spiro atoms. The lowest BCUT2D eigenvalue weighted by atomic mass is 9.95. The van der Waals surface area contributed by atoms with Gasteiger partial charge in [0.1, 0.15) is 17.3 Å². The van der Waals surface area contributed by atoms with Crippen LogP contribution in [0.15, 0.2) is 78.4 Å². The summed E-state index contributed by atoms with van der Waals surface area (Å²) in [5, 5.41) is 22.1. The Kier molecular flexibility index (Phi) is 7.33. The Bertz CT molecular complexity index is 1350. The number of halogens is 1. The monoisotopic (exact) mass is 504 g/mol. The number of ether oxygens (including phenoxy) is 1. The molecule has 1 amide bonds. The molecule has 1 aliphatic rings. The van der Waals surface area contributed by atoms with E-state index in [4.69, 9.17) is 4.74 Å². The maximum absolute atomic E-state index is 13.3. The molecule has 1 N–H and O–H groups in total. The van der Waals surface area contributed by atoms with E-state index in [9.17, 15) is 29.2 Å². The first kappa shape index (κ1) is 25.6. The number of nitro groups is 1. The van der Waals surface area contributed by atoms with Crippen molar-refractivity contribution >= 4 is 23.1 Å². The molecule has 1 atom stereocenters. The van der Waals surface area contributed by atoms with E-state index in [-0.39, 0.29) is 35.3 Å². The number of benzene rings is 3. The molecule has 1 aliphatic heterocycles. The number of non-ortho nitro benzene ring substituents is 1. The third kappa shape index (κ3) is 5.50. The summed E-state index contributed by atoms with van der Waals surface area (Å²) in [6.45, 7) is 3.92. The minimum Gasteiger partial charge on any atom is -0.507 e. The Balaban J connectivity index is 1.75. The number of nitro benzene ring substituents is 1. The molecular formula is C28H25FN2O6. The Morgan fingerprint density at radius 1 is 1.03 bits per heavy atom. The number of rotatable bonds is 8. The molecule has 0 radical (unpaired) electrons. The zero-order valence-electron chi connectivity index (χ0n) is 20.3. The normalized spacial score (nSPS) is 16.9. The van der Waals surface area contributed by atoms with E-state index in [0.29, 0.717) is 17.7 Å². The van der Waals surface area contributed by atoms with Gasteiger partial charge in [0.05, 0.1) is 22.6 Å². The lowest BCUT2D eigenvalue weighted by Gasteiger charge is -2.25. The van der Waals surface area contributed by atoms with Gasteiger partial charge in [0.25, 0.3) is 17.4 Å². The van der Waals surface area contributed by atoms with E-state index in [1.54, 1.807) is 36.4 Å². The molecular weight excluding hydrogens is 479 g/mol. The molecule has 1 heterocycles. The van der Waals surface area contributed by atoms with Gasteiger partial charge in [-0.3, -0.25) is 19.7 Å². The van der Waals surface area contributed by atoms with Crippen molar-refractivity contribution in [1.82, 2.24) is 4.90 Å². The summed E-state index contributed by atoms with van der Waals surface area (Å²) in [6.07, 6.45) is 0.310. The summed E-state index contributed by atoms with van der Waals surface area (Å²) in [4.78, 5) is 38.1. The molecule has 0 aliphatic carbocycles. The summed E-state index contributed by atoms with van der Waals surface area (Å²) < 4.78 is 19.0. The topological polar surface area (TPSA) is 110 Å². The number of nitrogens with zero attached hydrogens (tertiary/aromatic N) is 2. The van der Waals surface area contributed by atoms with Crippen molar-refractivity contribution in [3.63, 3.8) is 0 Å². The smallest absolute Gasteiger partial charge is 0.295 e. The minimum absolute atomic E-state index is 0.0469. The van der Waals surface area contributed by atoms with Crippen LogP contribution in [-0.4, -0.2) is 39.3 Å². The fourth-order valence-corrected chi connectivity index (χ4v) is 4.26. The fraction of sp³-hybridized carbons (Fsp3) is 0.214. The van der Waals surface area contributed by atoms with Gasteiger partial charge in [-0.1, -0.05) is 24.3 Å². The quantitative estimate of drug-likeness (QED) is 0.149. The van der Waals surface area contributed by atoms with Crippen LogP contribution in [0.4, 0.5) is 10.1 Å². The van der Waals surface area contributed by atoms with E-state index in [1.807, 2.05) is 13.8 Å². The second kappa shape index (κ2) is 10.6. The summed E-state index contributed by atoms with van der Waals surface area (Å²) >= 11 is 0. The van der Waals surface area contributed by atoms with Gasteiger partial charge in [-0.05, 0) is 67.8 Å². The molecule has 0 aromatic heterocycles. The standard InChI is InChI=1S/C28H25FN2O6/c1-17(2)37-23-13-7-19(8-14-23)25-24(26(32)20-5-11-22(12-6-20)31(35)36)27(33)28(34)30(25)16-15-18-3-9-21(29)10-4-18/h3-14,17,25,32H,15-16H2,1-2H3/b26-24-. The third-order valence-electron chi connectivity index (χ3n) is 6.01. The molecule has 8 nitrogen and oxygen atoms in total. The molecule has 9 heteroatoms. The van der Waals surface area contributed by atoms with Crippen LogP contribution in [0, 0.1) is 15.9 Å². The van der Waals surface area contributed by atoms with Gasteiger partial charge >= 0.3 is 0 Å². The Morgan fingerprint density at radius 2 is 1.65 bits per heavy atom. The average molecular weight is 505 g/mol. The number of hydrogen-bond acceptors (Lipinski definition) is 6. The fourth-order valence-electron chi connectivity index (χ4n) is 4.26. The molecule has 190 valence electrons. The average Bonchev–Trinajstić information content (AvgIpc) is 3.13. The van der Waals surface area contributed by atoms with Crippen LogP contribution in [0.5, 0.6) is 5.75 Å². The second-order valence-corrected chi connectivity index (χ2v) is 8.91. The molecule has 37 heavy (non-hydrogen) atoms. The van der Waals surface area contributed by atoms with Crippen LogP contribution in [0.25, 0.3) is 5.76 Å². The molecule has 0 bridgehead atoms. The van der Waals surface area contributed by atoms with E-state index >= 15 is 0 Å². The highest BCUT2D eigenvalue weighted by molar-refractivity contribution is 6.46. The van der Waals surface area contributed by atoms with E-state index in [0.717, 1.165) is 5.56 Å². The number of hydrogen-bond donors (Lipinski definition) is 1. The van der Waals surface area contributed by atoms with Gasteiger partial charge in [-0.25, -0.2) is 4.39 Å². The summed E-state index contributed by atoms with van der Waals surface area (Å²) in [6, 6.07) is 16.9. The summed E-state index contributed by atoms with van der Waals surface area (Å²) in [5.41, 5.74) is 1.24. The number of aliphatic hydroxyl groups excluding tert-OH is 1. The van der Waals surface area contributed by atoms with Gasteiger partial charge in [-0.15, -0.1) is 0 Å².